The van der Waals surface area contributed by atoms with Gasteiger partial charge in [0.25, 0.3) is 0 Å². The van der Waals surface area contributed by atoms with Crippen LogP contribution in [0, 0.1) is 5.41 Å². The van der Waals surface area contributed by atoms with E-state index >= 15 is 0 Å². The van der Waals surface area contributed by atoms with Crippen LogP contribution in [0.2, 0.25) is 0 Å². The van der Waals surface area contributed by atoms with Crippen molar-refractivity contribution in [2.24, 2.45) is 5.41 Å². The molecule has 2 heterocycles. The van der Waals surface area contributed by atoms with E-state index in [2.05, 4.69) is 15.3 Å². The van der Waals surface area contributed by atoms with Crippen LogP contribution in [-0.2, 0) is 27.2 Å². The van der Waals surface area contributed by atoms with Crippen molar-refractivity contribution in [1.82, 2.24) is 14.9 Å². The molecule has 194 valence electrons. The lowest BCUT2D eigenvalue weighted by Gasteiger charge is -2.37. The standard InChI is InChI=1S/C29H34N4O4/c1-18(17-37-5)33(4)28(36)29(3)15-23-26(24(35)16-29)22(13-20-9-7-6-8-10-20)27(32-23)21-11-12-30-25(14-21)31-19(2)34/h6-12,14,18,32H,13,15-17H2,1-5H3,(H,30,31,34)/t18-,29?/m0/s1. The molecule has 0 saturated heterocycles. The number of H-pyrrole nitrogens is 1. The van der Waals surface area contributed by atoms with E-state index in [1.165, 1.54) is 6.92 Å². The SMILES string of the molecule is COC[C@H](C)N(C)C(=O)C1(C)CC(=O)c2c([nH]c(-c3ccnc(NC(C)=O)c3)c2Cc2ccccc2)C1. The molecular formula is C29H34N4O4. The summed E-state index contributed by atoms with van der Waals surface area (Å²) in [7, 11) is 3.37. The maximum absolute atomic E-state index is 13.7. The average Bonchev–Trinajstić information content (AvgIpc) is 3.21. The van der Waals surface area contributed by atoms with E-state index < -0.39 is 5.41 Å². The van der Waals surface area contributed by atoms with Crippen LogP contribution in [0.4, 0.5) is 5.82 Å². The summed E-state index contributed by atoms with van der Waals surface area (Å²) in [5, 5.41) is 2.72. The lowest BCUT2D eigenvalue weighted by Crippen LogP contribution is -2.49. The van der Waals surface area contributed by atoms with Crippen LogP contribution in [0.5, 0.6) is 0 Å². The molecule has 0 spiro atoms. The molecule has 2 atom stereocenters. The highest BCUT2D eigenvalue weighted by atomic mass is 16.5. The molecule has 0 aliphatic heterocycles. The van der Waals surface area contributed by atoms with Gasteiger partial charge in [0, 0.05) is 63.4 Å². The molecule has 2 aromatic heterocycles. The molecule has 8 nitrogen and oxygen atoms in total. The van der Waals surface area contributed by atoms with Gasteiger partial charge < -0.3 is 19.9 Å². The number of nitrogens with one attached hydrogen (secondary N) is 2. The molecular weight excluding hydrogens is 468 g/mol. The Balaban J connectivity index is 1.78. The number of carbonyl (C=O) groups excluding carboxylic acids is 3. The van der Waals surface area contributed by atoms with E-state index in [0.29, 0.717) is 30.8 Å². The number of likely N-dealkylation sites (N-methyl/N-ethyl adjacent to an activating group) is 1. The zero-order chi connectivity index (χ0) is 26.7. The van der Waals surface area contributed by atoms with Crippen LogP contribution >= 0.6 is 0 Å². The summed E-state index contributed by atoms with van der Waals surface area (Å²) in [5.41, 5.74) is 4.13. The van der Waals surface area contributed by atoms with Gasteiger partial charge in [-0.3, -0.25) is 14.4 Å². The molecule has 2 N–H and O–H groups in total. The number of rotatable bonds is 8. The number of aromatic nitrogens is 2. The molecule has 1 aliphatic rings. The van der Waals surface area contributed by atoms with Crippen molar-refractivity contribution in [3.63, 3.8) is 0 Å². The van der Waals surface area contributed by atoms with Gasteiger partial charge in [0.2, 0.25) is 11.8 Å². The Morgan fingerprint density at radius 1 is 1.22 bits per heavy atom. The summed E-state index contributed by atoms with van der Waals surface area (Å²) in [6, 6.07) is 13.5. The molecule has 1 unspecified atom stereocenters. The quantitative estimate of drug-likeness (QED) is 0.479. The first kappa shape index (κ1) is 26.3. The van der Waals surface area contributed by atoms with Gasteiger partial charge in [0.15, 0.2) is 5.78 Å². The van der Waals surface area contributed by atoms with Crippen molar-refractivity contribution in [3.8, 4) is 11.3 Å². The first-order valence-electron chi connectivity index (χ1n) is 12.4. The maximum atomic E-state index is 13.7. The number of carbonyl (C=O) groups is 3. The van der Waals surface area contributed by atoms with Gasteiger partial charge in [0.05, 0.1) is 23.8 Å². The third-order valence-corrected chi connectivity index (χ3v) is 7.06. The van der Waals surface area contributed by atoms with Gasteiger partial charge in [-0.1, -0.05) is 30.3 Å². The molecule has 0 fully saturated rings. The number of ether oxygens (including phenoxy) is 1. The molecule has 8 heteroatoms. The number of ketones is 1. The van der Waals surface area contributed by atoms with Crippen molar-refractivity contribution in [2.75, 3.05) is 26.1 Å². The van der Waals surface area contributed by atoms with E-state index in [0.717, 1.165) is 28.1 Å². The highest BCUT2D eigenvalue weighted by Crippen LogP contribution is 2.42. The van der Waals surface area contributed by atoms with Crippen LogP contribution in [0.25, 0.3) is 11.3 Å². The number of hydrogen-bond acceptors (Lipinski definition) is 5. The Labute approximate surface area is 217 Å². The number of nitrogens with zero attached hydrogens (tertiary/aromatic N) is 2. The third kappa shape index (κ3) is 5.49. The average molecular weight is 503 g/mol. The van der Waals surface area contributed by atoms with Crippen molar-refractivity contribution in [2.45, 2.75) is 46.1 Å². The van der Waals surface area contributed by atoms with Gasteiger partial charge in [-0.05, 0) is 37.1 Å². The summed E-state index contributed by atoms with van der Waals surface area (Å²) in [5.74, 6) is 0.0997. The predicted molar refractivity (Wildman–Crippen MR) is 142 cm³/mol. The minimum absolute atomic E-state index is 0.0468. The largest absolute Gasteiger partial charge is 0.383 e. The van der Waals surface area contributed by atoms with Crippen LogP contribution in [0.3, 0.4) is 0 Å². The highest BCUT2D eigenvalue weighted by molar-refractivity contribution is 6.05. The zero-order valence-corrected chi connectivity index (χ0v) is 22.1. The summed E-state index contributed by atoms with van der Waals surface area (Å²) >= 11 is 0. The van der Waals surface area contributed by atoms with E-state index in [4.69, 9.17) is 4.74 Å². The fraction of sp³-hybridized carbons (Fsp3) is 0.379. The summed E-state index contributed by atoms with van der Waals surface area (Å²) in [4.78, 5) is 48.3. The molecule has 0 bridgehead atoms. The second kappa shape index (κ2) is 10.7. The van der Waals surface area contributed by atoms with Gasteiger partial charge in [0.1, 0.15) is 5.82 Å². The molecule has 2 amide bonds. The van der Waals surface area contributed by atoms with E-state index in [1.807, 2.05) is 50.2 Å². The van der Waals surface area contributed by atoms with Crippen LogP contribution in [0.1, 0.15) is 54.4 Å². The Bertz CT molecular complexity index is 1320. The lowest BCUT2D eigenvalue weighted by molar-refractivity contribution is -0.142. The monoisotopic (exact) mass is 502 g/mol. The normalized spacial score (nSPS) is 17.7. The van der Waals surface area contributed by atoms with Crippen molar-refractivity contribution >= 4 is 23.4 Å². The molecule has 0 saturated carbocycles. The molecule has 1 aromatic carbocycles. The number of methoxy groups -OCH3 is 1. The fourth-order valence-electron chi connectivity index (χ4n) is 5.15. The molecule has 4 rings (SSSR count). The third-order valence-electron chi connectivity index (χ3n) is 7.06. The smallest absolute Gasteiger partial charge is 0.229 e. The zero-order valence-electron chi connectivity index (χ0n) is 22.1. The topological polar surface area (TPSA) is 104 Å². The highest BCUT2D eigenvalue weighted by Gasteiger charge is 2.45. The van der Waals surface area contributed by atoms with Gasteiger partial charge in [-0.25, -0.2) is 4.98 Å². The van der Waals surface area contributed by atoms with E-state index in [-0.39, 0.29) is 30.1 Å². The first-order chi connectivity index (χ1) is 17.6. The van der Waals surface area contributed by atoms with Gasteiger partial charge in [-0.15, -0.1) is 0 Å². The second-order valence-electron chi connectivity index (χ2n) is 10.2. The second-order valence-corrected chi connectivity index (χ2v) is 10.2. The Hall–Kier alpha value is -3.78. The minimum atomic E-state index is -0.868. The first-order valence-corrected chi connectivity index (χ1v) is 12.4. The number of hydrogen-bond donors (Lipinski definition) is 2. The summed E-state index contributed by atoms with van der Waals surface area (Å²) in [6.45, 7) is 5.65. The number of pyridine rings is 1. The van der Waals surface area contributed by atoms with E-state index in [1.54, 1.807) is 31.3 Å². The van der Waals surface area contributed by atoms with Crippen molar-refractivity contribution in [3.05, 3.63) is 71.0 Å². The minimum Gasteiger partial charge on any atom is -0.383 e. The maximum Gasteiger partial charge on any atom is 0.229 e. The van der Waals surface area contributed by atoms with Gasteiger partial charge in [-0.2, -0.15) is 0 Å². The number of anilines is 1. The number of aromatic amines is 1. The Morgan fingerprint density at radius 3 is 2.62 bits per heavy atom. The fourth-order valence-corrected chi connectivity index (χ4v) is 5.15. The summed E-state index contributed by atoms with van der Waals surface area (Å²) < 4.78 is 5.23. The van der Waals surface area contributed by atoms with Crippen molar-refractivity contribution in [1.29, 1.82) is 0 Å². The molecule has 37 heavy (non-hydrogen) atoms. The Morgan fingerprint density at radius 2 is 1.95 bits per heavy atom. The lowest BCUT2D eigenvalue weighted by atomic mass is 9.72. The van der Waals surface area contributed by atoms with Crippen LogP contribution < -0.4 is 5.32 Å². The Kier molecular flexibility index (Phi) is 7.59. The van der Waals surface area contributed by atoms with Crippen molar-refractivity contribution < 1.29 is 19.1 Å². The van der Waals surface area contributed by atoms with Crippen LogP contribution in [-0.4, -0.2) is 59.3 Å². The number of fused-ring (bicyclic) bond motifs is 1. The number of Topliss-reactive ketones (excluding diaryl/α,β-unsaturated/α-hetero) is 1. The number of amides is 2. The van der Waals surface area contributed by atoms with Gasteiger partial charge >= 0.3 is 0 Å². The van der Waals surface area contributed by atoms with E-state index in [9.17, 15) is 14.4 Å². The molecule has 3 aromatic rings. The van der Waals surface area contributed by atoms with Crippen LogP contribution in [0.15, 0.2) is 48.7 Å². The predicted octanol–water partition coefficient (Wildman–Crippen LogP) is 4.25. The summed E-state index contributed by atoms with van der Waals surface area (Å²) in [6.07, 6.45) is 2.74. The number of benzene rings is 1. The molecule has 0 radical (unpaired) electrons. The molecule has 1 aliphatic carbocycles.